The summed E-state index contributed by atoms with van der Waals surface area (Å²) in [6.45, 7) is 0.951. The van der Waals surface area contributed by atoms with Gasteiger partial charge in [0.1, 0.15) is 0 Å². The van der Waals surface area contributed by atoms with Crippen molar-refractivity contribution in [2.24, 2.45) is 5.92 Å². The highest BCUT2D eigenvalue weighted by molar-refractivity contribution is 6.20. The van der Waals surface area contributed by atoms with Crippen molar-refractivity contribution in [3.63, 3.8) is 0 Å². The lowest BCUT2D eigenvalue weighted by Crippen LogP contribution is -2.36. The summed E-state index contributed by atoms with van der Waals surface area (Å²) in [7, 11) is 0. The third-order valence-corrected chi connectivity index (χ3v) is 2.01. The van der Waals surface area contributed by atoms with Crippen LogP contribution in [0.2, 0.25) is 0 Å². The Bertz CT molecular complexity index is 130. The fourth-order valence-electron chi connectivity index (χ4n) is 0.981. The molecule has 1 rings (SSSR count). The van der Waals surface area contributed by atoms with E-state index in [4.69, 9.17) is 16.9 Å². The standard InChI is InChI=1S/C6H9ClN2/c7-6-5(4-8)2-1-3-9-6/h5-6,9H,1-3H2. The first-order valence-electron chi connectivity index (χ1n) is 3.11. The van der Waals surface area contributed by atoms with Crippen LogP contribution in [-0.2, 0) is 0 Å². The Hall–Kier alpha value is -0.260. The number of nitrogens with zero attached hydrogens (tertiary/aromatic N) is 1. The number of alkyl halides is 1. The predicted octanol–water partition coefficient (Wildman–Crippen LogP) is 1.07. The average Bonchev–Trinajstić information content (AvgIpc) is 1.89. The van der Waals surface area contributed by atoms with E-state index in [-0.39, 0.29) is 11.4 Å². The maximum atomic E-state index is 8.49. The molecule has 1 saturated heterocycles. The van der Waals surface area contributed by atoms with E-state index in [9.17, 15) is 0 Å². The number of rotatable bonds is 0. The van der Waals surface area contributed by atoms with Gasteiger partial charge < -0.3 is 5.32 Å². The zero-order valence-corrected chi connectivity index (χ0v) is 5.86. The number of hydrogen-bond donors (Lipinski definition) is 1. The van der Waals surface area contributed by atoms with Crippen molar-refractivity contribution < 1.29 is 0 Å². The molecule has 2 atom stereocenters. The summed E-state index contributed by atoms with van der Waals surface area (Å²) < 4.78 is 0. The Balaban J connectivity index is 2.41. The second kappa shape index (κ2) is 3.05. The molecule has 0 saturated carbocycles. The van der Waals surface area contributed by atoms with E-state index in [0.29, 0.717) is 0 Å². The van der Waals surface area contributed by atoms with Crippen molar-refractivity contribution in [2.45, 2.75) is 18.3 Å². The highest BCUT2D eigenvalue weighted by atomic mass is 35.5. The monoisotopic (exact) mass is 144 g/mol. The van der Waals surface area contributed by atoms with Gasteiger partial charge in [0.15, 0.2) is 0 Å². The van der Waals surface area contributed by atoms with Crippen LogP contribution in [0.4, 0.5) is 0 Å². The van der Waals surface area contributed by atoms with E-state index in [1.165, 1.54) is 0 Å². The SMILES string of the molecule is N#CC1CCCNC1Cl. The molecule has 1 N–H and O–H groups in total. The normalized spacial score (nSPS) is 35.6. The van der Waals surface area contributed by atoms with Gasteiger partial charge in [-0.15, -0.1) is 11.6 Å². The first kappa shape index (κ1) is 6.85. The summed E-state index contributed by atoms with van der Waals surface area (Å²) in [5.41, 5.74) is -0.122. The molecule has 0 aromatic rings. The van der Waals surface area contributed by atoms with Gasteiger partial charge in [0.05, 0.1) is 17.5 Å². The van der Waals surface area contributed by atoms with Crippen molar-refractivity contribution in [2.75, 3.05) is 6.54 Å². The number of nitrogens with one attached hydrogen (secondary N) is 1. The first-order chi connectivity index (χ1) is 4.34. The Labute approximate surface area is 59.8 Å². The average molecular weight is 145 g/mol. The molecule has 1 aliphatic heterocycles. The molecule has 3 heteroatoms. The van der Waals surface area contributed by atoms with Crippen LogP contribution in [0.25, 0.3) is 0 Å². The van der Waals surface area contributed by atoms with Crippen molar-refractivity contribution in [3.05, 3.63) is 0 Å². The maximum absolute atomic E-state index is 8.49. The van der Waals surface area contributed by atoms with Crippen LogP contribution in [0.15, 0.2) is 0 Å². The molecule has 0 aliphatic carbocycles. The van der Waals surface area contributed by atoms with Crippen molar-refractivity contribution >= 4 is 11.6 Å². The summed E-state index contributed by atoms with van der Waals surface area (Å²) >= 11 is 5.75. The van der Waals surface area contributed by atoms with Gasteiger partial charge in [0.25, 0.3) is 0 Å². The molecule has 0 amide bonds. The fourth-order valence-corrected chi connectivity index (χ4v) is 1.27. The highest BCUT2D eigenvalue weighted by Crippen LogP contribution is 2.17. The van der Waals surface area contributed by atoms with Crippen LogP contribution < -0.4 is 5.32 Å². The number of halogens is 1. The summed E-state index contributed by atoms with van der Waals surface area (Å²) in [6, 6.07) is 2.16. The molecule has 0 aromatic carbocycles. The summed E-state index contributed by atoms with van der Waals surface area (Å²) in [6.07, 6.45) is 2.01. The summed E-state index contributed by atoms with van der Waals surface area (Å²) in [4.78, 5) is 0. The van der Waals surface area contributed by atoms with Crippen molar-refractivity contribution in [1.29, 1.82) is 5.26 Å². The molecule has 1 aliphatic rings. The number of hydrogen-bond acceptors (Lipinski definition) is 2. The minimum Gasteiger partial charge on any atom is -0.300 e. The lowest BCUT2D eigenvalue weighted by atomic mass is 10.0. The Morgan fingerprint density at radius 3 is 2.89 bits per heavy atom. The van der Waals surface area contributed by atoms with E-state index in [2.05, 4.69) is 11.4 Å². The summed E-state index contributed by atoms with van der Waals surface area (Å²) in [5.74, 6) is 0.0143. The molecule has 1 heterocycles. The van der Waals surface area contributed by atoms with Crippen molar-refractivity contribution in [3.8, 4) is 6.07 Å². The predicted molar refractivity (Wildman–Crippen MR) is 36.0 cm³/mol. The molecule has 9 heavy (non-hydrogen) atoms. The van der Waals surface area contributed by atoms with Crippen molar-refractivity contribution in [1.82, 2.24) is 5.32 Å². The first-order valence-corrected chi connectivity index (χ1v) is 3.55. The fraction of sp³-hybridized carbons (Fsp3) is 0.833. The Kier molecular flexibility index (Phi) is 2.32. The second-order valence-corrected chi connectivity index (χ2v) is 2.70. The van der Waals surface area contributed by atoms with Gasteiger partial charge in [-0.25, -0.2) is 0 Å². The smallest absolute Gasteiger partial charge is 0.0985 e. The van der Waals surface area contributed by atoms with E-state index in [1.807, 2.05) is 0 Å². The second-order valence-electron chi connectivity index (χ2n) is 2.23. The van der Waals surface area contributed by atoms with Gasteiger partial charge >= 0.3 is 0 Å². The topological polar surface area (TPSA) is 35.8 Å². The Morgan fingerprint density at radius 1 is 1.67 bits per heavy atom. The van der Waals surface area contributed by atoms with Crippen LogP contribution in [-0.4, -0.2) is 12.0 Å². The molecule has 2 nitrogen and oxygen atoms in total. The van der Waals surface area contributed by atoms with Gasteiger partial charge in [-0.3, -0.25) is 0 Å². The molecule has 2 unspecified atom stereocenters. The minimum atomic E-state index is -0.122. The van der Waals surface area contributed by atoms with Crippen LogP contribution in [0.3, 0.4) is 0 Å². The van der Waals surface area contributed by atoms with Gasteiger partial charge in [0.2, 0.25) is 0 Å². The lowest BCUT2D eigenvalue weighted by molar-refractivity contribution is 0.412. The minimum absolute atomic E-state index is 0.0143. The van der Waals surface area contributed by atoms with E-state index >= 15 is 0 Å². The molecule has 50 valence electrons. The van der Waals surface area contributed by atoms with Gasteiger partial charge in [0, 0.05) is 0 Å². The largest absolute Gasteiger partial charge is 0.300 e. The zero-order valence-electron chi connectivity index (χ0n) is 5.10. The zero-order chi connectivity index (χ0) is 6.69. The van der Waals surface area contributed by atoms with Gasteiger partial charge in [-0.1, -0.05) is 0 Å². The molecule has 0 radical (unpaired) electrons. The molecule has 1 fully saturated rings. The lowest BCUT2D eigenvalue weighted by Gasteiger charge is -2.22. The quantitative estimate of drug-likeness (QED) is 0.408. The molecular weight excluding hydrogens is 136 g/mol. The van der Waals surface area contributed by atoms with E-state index in [1.54, 1.807) is 0 Å². The maximum Gasteiger partial charge on any atom is 0.0985 e. The van der Waals surface area contributed by atoms with E-state index in [0.717, 1.165) is 19.4 Å². The molecule has 0 aromatic heterocycles. The molecule has 0 spiro atoms. The van der Waals surface area contributed by atoms with Crippen LogP contribution in [0.5, 0.6) is 0 Å². The van der Waals surface area contributed by atoms with Gasteiger partial charge in [-0.05, 0) is 19.4 Å². The third kappa shape index (κ3) is 1.57. The van der Waals surface area contributed by atoms with Crippen LogP contribution >= 0.6 is 11.6 Å². The molecular formula is C6H9ClN2. The van der Waals surface area contributed by atoms with E-state index < -0.39 is 0 Å². The number of nitriles is 1. The highest BCUT2D eigenvalue weighted by Gasteiger charge is 2.21. The summed E-state index contributed by atoms with van der Waals surface area (Å²) in [5, 5.41) is 11.5. The number of piperidine rings is 1. The van der Waals surface area contributed by atoms with Crippen LogP contribution in [0.1, 0.15) is 12.8 Å². The van der Waals surface area contributed by atoms with Crippen LogP contribution in [0, 0.1) is 17.2 Å². The Morgan fingerprint density at radius 2 is 2.44 bits per heavy atom. The van der Waals surface area contributed by atoms with Gasteiger partial charge in [-0.2, -0.15) is 5.26 Å². The third-order valence-electron chi connectivity index (χ3n) is 1.55. The molecule has 0 bridgehead atoms.